The van der Waals surface area contributed by atoms with Crippen LogP contribution in [0.2, 0.25) is 0 Å². The van der Waals surface area contributed by atoms with Crippen LogP contribution in [0.5, 0.6) is 0 Å². The summed E-state index contributed by atoms with van der Waals surface area (Å²) in [5, 5.41) is 3.77. The summed E-state index contributed by atoms with van der Waals surface area (Å²) in [6.45, 7) is 12.7. The maximum absolute atomic E-state index is 3.77. The number of benzene rings is 1. The number of nitrogens with zero attached hydrogens (tertiary/aromatic N) is 1. The summed E-state index contributed by atoms with van der Waals surface area (Å²) in [6, 6.07) is 12.1. The van der Waals surface area contributed by atoms with Gasteiger partial charge in [-0.25, -0.2) is 0 Å². The van der Waals surface area contributed by atoms with Gasteiger partial charge in [0.1, 0.15) is 0 Å². The van der Waals surface area contributed by atoms with Crippen LogP contribution in [0.1, 0.15) is 71.8 Å². The average Bonchev–Trinajstić information content (AvgIpc) is 2.79. The van der Waals surface area contributed by atoms with E-state index < -0.39 is 0 Å². The summed E-state index contributed by atoms with van der Waals surface area (Å²) < 4.78 is 0. The summed E-state index contributed by atoms with van der Waals surface area (Å²) in [6.07, 6.45) is 8.40. The quantitative estimate of drug-likeness (QED) is 0.656. The van der Waals surface area contributed by atoms with Gasteiger partial charge in [-0.2, -0.15) is 0 Å². The molecule has 24 heavy (non-hydrogen) atoms. The van der Waals surface area contributed by atoms with E-state index in [1.54, 1.807) is 0 Å². The first-order valence-electron chi connectivity index (χ1n) is 10.0. The van der Waals surface area contributed by atoms with Gasteiger partial charge < -0.3 is 5.32 Å². The maximum atomic E-state index is 3.77. The van der Waals surface area contributed by atoms with Crippen molar-refractivity contribution in [2.24, 2.45) is 5.41 Å². The molecule has 0 spiro atoms. The lowest BCUT2D eigenvalue weighted by Gasteiger charge is -2.40. The Hall–Kier alpha value is -0.860. The van der Waals surface area contributed by atoms with Crippen molar-refractivity contribution in [2.45, 2.75) is 84.8 Å². The van der Waals surface area contributed by atoms with Crippen LogP contribution in [0.3, 0.4) is 0 Å². The van der Waals surface area contributed by atoms with Gasteiger partial charge >= 0.3 is 0 Å². The number of rotatable bonds is 8. The monoisotopic (exact) mass is 330 g/mol. The second-order valence-electron chi connectivity index (χ2n) is 8.43. The number of hydrogen-bond donors (Lipinski definition) is 1. The highest BCUT2D eigenvalue weighted by Crippen LogP contribution is 2.36. The zero-order chi connectivity index (χ0) is 17.4. The van der Waals surface area contributed by atoms with Crippen LogP contribution in [-0.2, 0) is 6.54 Å². The highest BCUT2D eigenvalue weighted by Gasteiger charge is 2.33. The summed E-state index contributed by atoms with van der Waals surface area (Å²) in [5.41, 5.74) is 1.88. The third-order valence-electron chi connectivity index (χ3n) is 5.55. The average molecular weight is 331 g/mol. The van der Waals surface area contributed by atoms with E-state index >= 15 is 0 Å². The fourth-order valence-electron chi connectivity index (χ4n) is 3.96. The van der Waals surface area contributed by atoms with Crippen molar-refractivity contribution in [2.75, 3.05) is 13.1 Å². The lowest BCUT2D eigenvalue weighted by Crippen LogP contribution is -2.47. The number of hydrogen-bond acceptors (Lipinski definition) is 2. The lowest BCUT2D eigenvalue weighted by molar-refractivity contribution is 0.0956. The third-order valence-corrected chi connectivity index (χ3v) is 5.55. The van der Waals surface area contributed by atoms with Gasteiger partial charge in [0.25, 0.3) is 0 Å². The zero-order valence-electron chi connectivity index (χ0n) is 16.4. The van der Waals surface area contributed by atoms with Gasteiger partial charge in [0.15, 0.2) is 0 Å². The van der Waals surface area contributed by atoms with Crippen LogP contribution in [0, 0.1) is 5.41 Å². The fourth-order valence-corrected chi connectivity index (χ4v) is 3.96. The van der Waals surface area contributed by atoms with Gasteiger partial charge in [0.2, 0.25) is 0 Å². The molecule has 0 aromatic heterocycles. The largest absolute Gasteiger partial charge is 0.314 e. The van der Waals surface area contributed by atoms with E-state index in [0.29, 0.717) is 17.5 Å². The first-order chi connectivity index (χ1) is 11.5. The minimum absolute atomic E-state index is 0.444. The smallest absolute Gasteiger partial charge is 0.0236 e. The van der Waals surface area contributed by atoms with E-state index in [1.807, 2.05) is 0 Å². The molecule has 2 rings (SSSR count). The maximum Gasteiger partial charge on any atom is 0.0236 e. The highest BCUT2D eigenvalue weighted by molar-refractivity contribution is 5.14. The Labute approximate surface area is 150 Å². The van der Waals surface area contributed by atoms with Crippen LogP contribution in [0.15, 0.2) is 30.3 Å². The summed E-state index contributed by atoms with van der Waals surface area (Å²) in [5.74, 6) is 0. The van der Waals surface area contributed by atoms with Crippen molar-refractivity contribution in [1.82, 2.24) is 10.2 Å². The van der Waals surface area contributed by atoms with E-state index in [9.17, 15) is 0 Å². The van der Waals surface area contributed by atoms with Gasteiger partial charge in [-0.15, -0.1) is 0 Å². The molecule has 1 fully saturated rings. The van der Waals surface area contributed by atoms with Crippen LogP contribution in [0.4, 0.5) is 0 Å². The minimum atomic E-state index is 0.444. The minimum Gasteiger partial charge on any atom is -0.314 e. The van der Waals surface area contributed by atoms with E-state index in [0.717, 1.165) is 6.54 Å². The molecule has 0 unspecified atom stereocenters. The van der Waals surface area contributed by atoms with Gasteiger partial charge in [0.05, 0.1) is 0 Å². The second-order valence-corrected chi connectivity index (χ2v) is 8.43. The highest BCUT2D eigenvalue weighted by atomic mass is 15.2. The van der Waals surface area contributed by atoms with Gasteiger partial charge in [-0.1, -0.05) is 69.9 Å². The van der Waals surface area contributed by atoms with Gasteiger partial charge in [-0.3, -0.25) is 4.90 Å². The third kappa shape index (κ3) is 6.22. The molecule has 1 saturated carbocycles. The predicted molar refractivity (Wildman–Crippen MR) is 105 cm³/mol. The molecule has 1 aliphatic rings. The fraction of sp³-hybridized carbons (Fsp3) is 0.727. The SMILES string of the molecule is CC(C)NCC1(CN(Cc2ccccc2)C(C)C)CCCCCC1. The predicted octanol–water partition coefficient (Wildman–Crippen LogP) is 5.24. The van der Waals surface area contributed by atoms with Crippen molar-refractivity contribution >= 4 is 0 Å². The molecular formula is C22H38N2. The molecular weight excluding hydrogens is 292 g/mol. The van der Waals surface area contributed by atoms with E-state index in [-0.39, 0.29) is 0 Å². The lowest BCUT2D eigenvalue weighted by atomic mass is 9.79. The van der Waals surface area contributed by atoms with Crippen molar-refractivity contribution in [3.05, 3.63) is 35.9 Å². The molecule has 0 aliphatic heterocycles. The Balaban J connectivity index is 2.10. The van der Waals surface area contributed by atoms with E-state index in [1.165, 1.54) is 57.2 Å². The molecule has 1 aromatic rings. The topological polar surface area (TPSA) is 15.3 Å². The van der Waals surface area contributed by atoms with Crippen molar-refractivity contribution < 1.29 is 0 Å². The summed E-state index contributed by atoms with van der Waals surface area (Å²) in [4.78, 5) is 2.70. The van der Waals surface area contributed by atoms with Crippen molar-refractivity contribution in [3.63, 3.8) is 0 Å². The Bertz CT molecular complexity index is 444. The zero-order valence-corrected chi connectivity index (χ0v) is 16.4. The first-order valence-corrected chi connectivity index (χ1v) is 10.0. The van der Waals surface area contributed by atoms with Gasteiger partial charge in [-0.05, 0) is 37.7 Å². The Morgan fingerprint density at radius 1 is 0.958 bits per heavy atom. The molecule has 0 heterocycles. The molecule has 136 valence electrons. The van der Waals surface area contributed by atoms with Crippen LogP contribution in [0.25, 0.3) is 0 Å². The second kappa shape index (κ2) is 9.58. The van der Waals surface area contributed by atoms with Crippen molar-refractivity contribution in [1.29, 1.82) is 0 Å². The normalized spacial score (nSPS) is 18.3. The van der Waals surface area contributed by atoms with E-state index in [4.69, 9.17) is 0 Å². The molecule has 0 radical (unpaired) electrons. The molecule has 2 nitrogen and oxygen atoms in total. The van der Waals surface area contributed by atoms with Crippen LogP contribution < -0.4 is 5.32 Å². The van der Waals surface area contributed by atoms with Crippen LogP contribution in [-0.4, -0.2) is 30.1 Å². The molecule has 0 bridgehead atoms. The van der Waals surface area contributed by atoms with E-state index in [2.05, 4.69) is 68.2 Å². The standard InChI is InChI=1S/C22H38N2/c1-19(2)23-17-22(14-10-5-6-11-15-22)18-24(20(3)4)16-21-12-8-7-9-13-21/h7-9,12-13,19-20,23H,5-6,10-11,14-18H2,1-4H3. The molecule has 0 atom stereocenters. The molecule has 1 aliphatic carbocycles. The molecule has 1 N–H and O–H groups in total. The summed E-state index contributed by atoms with van der Waals surface area (Å²) in [7, 11) is 0. The van der Waals surface area contributed by atoms with Gasteiger partial charge in [0, 0.05) is 31.7 Å². The Morgan fingerprint density at radius 2 is 1.58 bits per heavy atom. The molecule has 0 amide bonds. The first kappa shape index (κ1) is 19.5. The Morgan fingerprint density at radius 3 is 2.12 bits per heavy atom. The molecule has 0 saturated heterocycles. The van der Waals surface area contributed by atoms with Crippen molar-refractivity contribution in [3.8, 4) is 0 Å². The molecule has 1 aromatic carbocycles. The summed E-state index contributed by atoms with van der Waals surface area (Å²) >= 11 is 0. The number of nitrogens with one attached hydrogen (secondary N) is 1. The Kier molecular flexibility index (Phi) is 7.77. The van der Waals surface area contributed by atoms with Crippen LogP contribution >= 0.6 is 0 Å². The molecule has 2 heteroatoms.